The van der Waals surface area contributed by atoms with Crippen LogP contribution in [0.4, 0.5) is 19.1 Å². The van der Waals surface area contributed by atoms with Crippen LogP contribution in [0.1, 0.15) is 32.7 Å². The molecule has 164 valence electrons. The standard InChI is InChI=1S/C19H18F3N5O4/c20-19(21,22)31-14-4-11(3-12(5-14)15(23)28)6-24-17-25-7-13(8-26-17)16(29)27-2-1-18(27)9-30-10-18/h3-5,7-8H,1-2,6,9-10H2,(H2,23,28)(H,24,25,26). The van der Waals surface area contributed by atoms with Crippen LogP contribution in [0.3, 0.4) is 0 Å². The molecule has 2 aliphatic rings. The Balaban J connectivity index is 1.42. The maximum Gasteiger partial charge on any atom is 0.573 e. The fraction of sp³-hybridized carbons (Fsp3) is 0.368. The Morgan fingerprint density at radius 1 is 1.19 bits per heavy atom. The molecule has 2 fully saturated rings. The molecular formula is C19H18F3N5O4. The summed E-state index contributed by atoms with van der Waals surface area (Å²) in [6.45, 7) is 1.71. The minimum Gasteiger partial charge on any atom is -0.406 e. The molecule has 12 heteroatoms. The predicted molar refractivity (Wildman–Crippen MR) is 100 cm³/mol. The van der Waals surface area contributed by atoms with Gasteiger partial charge in [-0.05, 0) is 30.2 Å². The van der Waals surface area contributed by atoms with E-state index in [1.807, 2.05) is 0 Å². The van der Waals surface area contributed by atoms with Gasteiger partial charge >= 0.3 is 6.36 Å². The van der Waals surface area contributed by atoms with E-state index in [9.17, 15) is 22.8 Å². The summed E-state index contributed by atoms with van der Waals surface area (Å²) in [5, 5.41) is 2.82. The molecule has 2 aromatic rings. The van der Waals surface area contributed by atoms with Crippen molar-refractivity contribution >= 4 is 17.8 Å². The van der Waals surface area contributed by atoms with Gasteiger partial charge in [-0.3, -0.25) is 9.59 Å². The van der Waals surface area contributed by atoms with Gasteiger partial charge in [0.15, 0.2) is 0 Å². The zero-order valence-electron chi connectivity index (χ0n) is 16.1. The van der Waals surface area contributed by atoms with E-state index in [0.717, 1.165) is 18.6 Å². The summed E-state index contributed by atoms with van der Waals surface area (Å²) in [6.07, 6.45) is -1.25. The van der Waals surface area contributed by atoms with Gasteiger partial charge < -0.3 is 25.4 Å². The van der Waals surface area contributed by atoms with Gasteiger partial charge in [-0.1, -0.05) is 0 Å². The van der Waals surface area contributed by atoms with E-state index < -0.39 is 18.0 Å². The Morgan fingerprint density at radius 3 is 2.42 bits per heavy atom. The second kappa shape index (κ2) is 7.69. The number of hydrogen-bond donors (Lipinski definition) is 2. The smallest absolute Gasteiger partial charge is 0.406 e. The van der Waals surface area contributed by atoms with Gasteiger partial charge in [0.05, 0.1) is 24.3 Å². The number of halogens is 3. The van der Waals surface area contributed by atoms with Crippen LogP contribution in [-0.4, -0.2) is 58.3 Å². The van der Waals surface area contributed by atoms with Crippen LogP contribution < -0.4 is 15.8 Å². The molecular weight excluding hydrogens is 419 g/mol. The maximum atomic E-state index is 12.6. The molecule has 3 heterocycles. The molecule has 0 unspecified atom stereocenters. The number of amides is 2. The van der Waals surface area contributed by atoms with Gasteiger partial charge in [0, 0.05) is 31.0 Å². The average molecular weight is 437 g/mol. The lowest BCUT2D eigenvalue weighted by Crippen LogP contribution is -2.72. The monoisotopic (exact) mass is 437 g/mol. The Bertz CT molecular complexity index is 1000. The summed E-state index contributed by atoms with van der Waals surface area (Å²) in [4.78, 5) is 33.9. The molecule has 3 N–H and O–H groups in total. The fourth-order valence-electron chi connectivity index (χ4n) is 3.46. The first-order valence-electron chi connectivity index (χ1n) is 9.30. The van der Waals surface area contributed by atoms with Crippen molar-refractivity contribution in [3.05, 3.63) is 47.3 Å². The highest BCUT2D eigenvalue weighted by molar-refractivity contribution is 5.95. The largest absolute Gasteiger partial charge is 0.573 e. The van der Waals surface area contributed by atoms with E-state index in [1.54, 1.807) is 4.90 Å². The van der Waals surface area contributed by atoms with Crippen LogP contribution in [0.2, 0.25) is 0 Å². The average Bonchev–Trinajstić information content (AvgIpc) is 2.63. The summed E-state index contributed by atoms with van der Waals surface area (Å²) in [7, 11) is 0. The van der Waals surface area contributed by atoms with Crippen molar-refractivity contribution in [2.24, 2.45) is 5.73 Å². The lowest BCUT2D eigenvalue weighted by atomic mass is 9.82. The number of anilines is 1. The van der Waals surface area contributed by atoms with Gasteiger partial charge in [0.2, 0.25) is 11.9 Å². The number of benzene rings is 1. The summed E-state index contributed by atoms with van der Waals surface area (Å²) in [5.41, 5.74) is 5.47. The molecule has 1 spiro atoms. The third-order valence-electron chi connectivity index (χ3n) is 5.19. The van der Waals surface area contributed by atoms with E-state index in [1.165, 1.54) is 18.5 Å². The minimum absolute atomic E-state index is 0.00476. The topological polar surface area (TPSA) is 120 Å². The predicted octanol–water partition coefficient (Wildman–Crippen LogP) is 1.70. The lowest BCUT2D eigenvalue weighted by molar-refractivity contribution is -0.274. The van der Waals surface area contributed by atoms with Gasteiger partial charge in [-0.15, -0.1) is 13.2 Å². The zero-order chi connectivity index (χ0) is 22.2. The number of nitrogens with one attached hydrogen (secondary N) is 1. The number of likely N-dealkylation sites (tertiary alicyclic amines) is 1. The van der Waals surface area contributed by atoms with Gasteiger partial charge in [-0.25, -0.2) is 9.97 Å². The molecule has 0 bridgehead atoms. The van der Waals surface area contributed by atoms with E-state index in [-0.39, 0.29) is 29.5 Å². The molecule has 2 saturated heterocycles. The third kappa shape index (κ3) is 4.38. The van der Waals surface area contributed by atoms with E-state index in [4.69, 9.17) is 10.5 Å². The highest BCUT2D eigenvalue weighted by atomic mass is 19.4. The number of hydrogen-bond acceptors (Lipinski definition) is 7. The SMILES string of the molecule is NC(=O)c1cc(CNc2ncc(C(=O)N3CCC34COC4)cn2)cc(OC(F)(F)F)c1. The fourth-order valence-corrected chi connectivity index (χ4v) is 3.46. The van der Waals surface area contributed by atoms with Crippen LogP contribution in [-0.2, 0) is 11.3 Å². The first-order valence-corrected chi connectivity index (χ1v) is 9.30. The molecule has 0 aliphatic carbocycles. The van der Waals surface area contributed by atoms with Crippen molar-refractivity contribution in [2.45, 2.75) is 24.9 Å². The molecule has 2 amide bonds. The maximum absolute atomic E-state index is 12.6. The van der Waals surface area contributed by atoms with Crippen molar-refractivity contribution in [1.29, 1.82) is 0 Å². The van der Waals surface area contributed by atoms with E-state index in [2.05, 4.69) is 20.0 Å². The van der Waals surface area contributed by atoms with Crippen molar-refractivity contribution in [3.8, 4) is 5.75 Å². The molecule has 4 rings (SSSR count). The molecule has 1 aromatic heterocycles. The number of carbonyl (C=O) groups excluding carboxylic acids is 2. The number of nitrogens with zero attached hydrogens (tertiary/aromatic N) is 3. The van der Waals surface area contributed by atoms with Crippen molar-refractivity contribution in [2.75, 3.05) is 25.1 Å². The highest BCUT2D eigenvalue weighted by Crippen LogP contribution is 2.38. The Labute approximate surface area is 174 Å². The second-order valence-electron chi connectivity index (χ2n) is 7.35. The van der Waals surface area contributed by atoms with E-state index >= 15 is 0 Å². The summed E-state index contributed by atoms with van der Waals surface area (Å²) < 4.78 is 46.6. The van der Waals surface area contributed by atoms with Crippen LogP contribution in [0.5, 0.6) is 5.75 Å². The van der Waals surface area contributed by atoms with Crippen molar-refractivity contribution < 1.29 is 32.2 Å². The molecule has 31 heavy (non-hydrogen) atoms. The van der Waals surface area contributed by atoms with Crippen molar-refractivity contribution in [3.63, 3.8) is 0 Å². The molecule has 2 aliphatic heterocycles. The molecule has 9 nitrogen and oxygen atoms in total. The lowest BCUT2D eigenvalue weighted by Gasteiger charge is -2.57. The van der Waals surface area contributed by atoms with E-state index in [0.29, 0.717) is 30.9 Å². The minimum atomic E-state index is -4.91. The van der Waals surface area contributed by atoms with Gasteiger partial charge in [-0.2, -0.15) is 0 Å². The zero-order valence-corrected chi connectivity index (χ0v) is 16.1. The number of nitrogens with two attached hydrogens (primary N) is 1. The van der Waals surface area contributed by atoms with Crippen molar-refractivity contribution in [1.82, 2.24) is 14.9 Å². The number of carbonyl (C=O) groups is 2. The quantitative estimate of drug-likeness (QED) is 0.706. The summed E-state index contributed by atoms with van der Waals surface area (Å²) in [5.74, 6) is -1.48. The number of rotatable bonds is 6. The Kier molecular flexibility index (Phi) is 5.17. The van der Waals surface area contributed by atoms with Crippen LogP contribution >= 0.6 is 0 Å². The Hall–Kier alpha value is -3.41. The van der Waals surface area contributed by atoms with Gasteiger partial charge in [0.25, 0.3) is 5.91 Å². The highest BCUT2D eigenvalue weighted by Gasteiger charge is 2.53. The number of aromatic nitrogens is 2. The van der Waals surface area contributed by atoms with Crippen LogP contribution in [0.15, 0.2) is 30.6 Å². The normalized spacial score (nSPS) is 16.9. The van der Waals surface area contributed by atoms with Crippen LogP contribution in [0.25, 0.3) is 0 Å². The van der Waals surface area contributed by atoms with Gasteiger partial charge in [0.1, 0.15) is 5.75 Å². The second-order valence-corrected chi connectivity index (χ2v) is 7.35. The molecule has 0 radical (unpaired) electrons. The molecule has 0 atom stereocenters. The summed E-state index contributed by atoms with van der Waals surface area (Å²) >= 11 is 0. The first kappa shape index (κ1) is 20.8. The first-order chi connectivity index (χ1) is 14.7. The summed E-state index contributed by atoms with van der Waals surface area (Å²) in [6, 6.07) is 3.36. The third-order valence-corrected chi connectivity index (χ3v) is 5.19. The number of alkyl halides is 3. The molecule has 0 saturated carbocycles. The number of ether oxygens (including phenoxy) is 2. The molecule has 1 aromatic carbocycles. The van der Waals surface area contributed by atoms with Crippen LogP contribution in [0, 0.1) is 0 Å². The number of primary amides is 1. The Morgan fingerprint density at radius 2 is 1.90 bits per heavy atom.